The van der Waals surface area contributed by atoms with Gasteiger partial charge in [0.05, 0.1) is 23.2 Å². The molecule has 2 unspecified atom stereocenters. The number of sulfonamides is 1. The van der Waals surface area contributed by atoms with Gasteiger partial charge in [-0.15, -0.1) is 4.31 Å². The Kier molecular flexibility index (Phi) is 5.25. The lowest BCUT2D eigenvalue weighted by atomic mass is 9.92. The van der Waals surface area contributed by atoms with E-state index < -0.39 is 15.6 Å². The first-order valence-electron chi connectivity index (χ1n) is 10.3. The second-order valence-electron chi connectivity index (χ2n) is 8.45. The quantitative estimate of drug-likeness (QED) is 0.749. The maximum Gasteiger partial charge on any atom is 0.251 e. The van der Waals surface area contributed by atoms with Gasteiger partial charge in [-0.1, -0.05) is 4.21 Å². The number of nitrogens with one attached hydrogen (secondary N) is 1. The fourth-order valence-electron chi connectivity index (χ4n) is 4.18. The topological polar surface area (TPSA) is 103 Å². The van der Waals surface area contributed by atoms with Gasteiger partial charge in [0, 0.05) is 38.2 Å². The number of carbonyl (C=O) groups excluding carboxylic acids is 1. The van der Waals surface area contributed by atoms with Crippen LogP contribution in [0.15, 0.2) is 6.07 Å². The molecule has 2 atom stereocenters. The number of amides is 1. The van der Waals surface area contributed by atoms with Crippen LogP contribution in [0, 0.1) is 0 Å². The molecule has 1 saturated carbocycles. The molecule has 8 nitrogen and oxygen atoms in total. The second kappa shape index (κ2) is 7.45. The van der Waals surface area contributed by atoms with E-state index in [1.165, 1.54) is 0 Å². The zero-order valence-corrected chi connectivity index (χ0v) is 18.3. The zero-order chi connectivity index (χ0) is 20.9. The Morgan fingerprint density at radius 3 is 2.66 bits per heavy atom. The summed E-state index contributed by atoms with van der Waals surface area (Å²) in [5.74, 6) is 0.205. The van der Waals surface area contributed by atoms with Gasteiger partial charge in [-0.25, -0.2) is 4.98 Å². The molecule has 0 bridgehead atoms. The molecule has 29 heavy (non-hydrogen) atoms. The minimum absolute atomic E-state index is 0.0574. The van der Waals surface area contributed by atoms with Crippen LogP contribution in [0.25, 0.3) is 11.0 Å². The zero-order valence-electron chi connectivity index (χ0n) is 17.5. The van der Waals surface area contributed by atoms with E-state index in [0.717, 1.165) is 42.5 Å². The van der Waals surface area contributed by atoms with E-state index in [2.05, 4.69) is 5.32 Å². The molecule has 1 aliphatic carbocycles. The van der Waals surface area contributed by atoms with Gasteiger partial charge in [0.15, 0.2) is 5.65 Å². The third-order valence-corrected chi connectivity index (χ3v) is 8.28. The average molecular weight is 420 g/mol. The number of carbonyl (C=O) groups is 1. The van der Waals surface area contributed by atoms with Crippen molar-refractivity contribution in [3.05, 3.63) is 23.0 Å². The van der Waals surface area contributed by atoms with Crippen LogP contribution in [0.1, 0.15) is 73.1 Å². The Labute approximate surface area is 172 Å². The predicted octanol–water partition coefficient (Wildman–Crippen LogP) is 2.34. The van der Waals surface area contributed by atoms with Crippen LogP contribution >= 0.6 is 0 Å². The smallest absolute Gasteiger partial charge is 0.251 e. The molecule has 0 spiro atoms. The fraction of sp³-hybridized carbons (Fsp3) is 0.650. The highest BCUT2D eigenvalue weighted by Crippen LogP contribution is 2.41. The Morgan fingerprint density at radius 2 is 2.03 bits per heavy atom. The molecule has 3 heterocycles. The first-order valence-corrected chi connectivity index (χ1v) is 11.8. The molecule has 1 N–H and O–H groups in total. The fourth-order valence-corrected chi connectivity index (χ4v) is 5.55. The van der Waals surface area contributed by atoms with Crippen molar-refractivity contribution in [2.75, 3.05) is 20.1 Å². The van der Waals surface area contributed by atoms with Crippen molar-refractivity contribution >= 4 is 27.3 Å². The van der Waals surface area contributed by atoms with Crippen molar-refractivity contribution < 1.29 is 13.6 Å². The number of hydrogen-bond acceptors (Lipinski definition) is 5. The Morgan fingerprint density at radius 1 is 1.31 bits per heavy atom. The summed E-state index contributed by atoms with van der Waals surface area (Å²) in [4.78, 5) is 17.5. The molecule has 2 aliphatic rings. The van der Waals surface area contributed by atoms with Crippen molar-refractivity contribution in [1.29, 1.82) is 0 Å². The number of nitrogens with zero attached hydrogens (tertiary/aromatic N) is 4. The molecular formula is C20H29N5O3S. The van der Waals surface area contributed by atoms with Gasteiger partial charge in [0.25, 0.3) is 5.91 Å². The van der Waals surface area contributed by atoms with E-state index in [1.54, 1.807) is 29.9 Å². The lowest BCUT2D eigenvalue weighted by Crippen LogP contribution is -2.46. The summed E-state index contributed by atoms with van der Waals surface area (Å²) in [6.45, 7) is 4.35. The molecule has 0 radical (unpaired) electrons. The van der Waals surface area contributed by atoms with Crippen LogP contribution in [-0.4, -0.2) is 54.9 Å². The largest absolute Gasteiger partial charge is 0.597 e. The van der Waals surface area contributed by atoms with Crippen molar-refractivity contribution in [3.63, 3.8) is 0 Å². The molecule has 1 saturated heterocycles. The van der Waals surface area contributed by atoms with E-state index in [9.17, 15) is 13.6 Å². The molecule has 0 aromatic carbocycles. The molecule has 9 heteroatoms. The summed E-state index contributed by atoms with van der Waals surface area (Å²) >= 11 is 0. The lowest BCUT2D eigenvalue weighted by molar-refractivity contribution is 0.0964. The van der Waals surface area contributed by atoms with Gasteiger partial charge in [-0.05, 0) is 45.6 Å². The maximum absolute atomic E-state index is 12.7. The van der Waals surface area contributed by atoms with Gasteiger partial charge in [0.2, 0.25) is 0 Å². The normalized spacial score (nSPS) is 22.8. The SMILES string of the molecule is CNC(=O)c1cc(C2CC2)nc2c1c(C1CCCN([S+](=O)([O-])C(C)C)C1)nn2C. The van der Waals surface area contributed by atoms with Gasteiger partial charge >= 0.3 is 0 Å². The van der Waals surface area contributed by atoms with E-state index in [-0.39, 0.29) is 11.8 Å². The van der Waals surface area contributed by atoms with Crippen LogP contribution in [0.2, 0.25) is 0 Å². The van der Waals surface area contributed by atoms with E-state index in [1.807, 2.05) is 13.1 Å². The number of fused-ring (bicyclic) bond motifs is 1. The Bertz CT molecular complexity index is 998. The lowest BCUT2D eigenvalue weighted by Gasteiger charge is -2.35. The van der Waals surface area contributed by atoms with E-state index >= 15 is 0 Å². The third kappa shape index (κ3) is 3.60. The summed E-state index contributed by atoms with van der Waals surface area (Å²) in [6.07, 6.45) is 3.81. The van der Waals surface area contributed by atoms with E-state index in [4.69, 9.17) is 10.1 Å². The first kappa shape index (κ1) is 20.4. The van der Waals surface area contributed by atoms with Crippen molar-refractivity contribution in [3.8, 4) is 0 Å². The molecule has 158 valence electrons. The average Bonchev–Trinajstić information content (AvgIpc) is 3.51. The van der Waals surface area contributed by atoms with Crippen LogP contribution in [-0.2, 0) is 21.7 Å². The molecule has 2 aromatic rings. The van der Waals surface area contributed by atoms with Crippen molar-refractivity contribution in [1.82, 2.24) is 24.4 Å². The maximum atomic E-state index is 12.7. The summed E-state index contributed by atoms with van der Waals surface area (Å²) in [5, 5.41) is 7.76. The number of aryl methyl sites for hydroxylation is 1. The molecular weight excluding hydrogens is 390 g/mol. The van der Waals surface area contributed by atoms with Crippen LogP contribution in [0.5, 0.6) is 0 Å². The van der Waals surface area contributed by atoms with Crippen LogP contribution in [0.3, 0.4) is 0 Å². The third-order valence-electron chi connectivity index (χ3n) is 6.03. The number of rotatable bonds is 5. The van der Waals surface area contributed by atoms with E-state index in [0.29, 0.717) is 30.2 Å². The summed E-state index contributed by atoms with van der Waals surface area (Å²) in [6, 6.07) is 1.90. The minimum Gasteiger partial charge on any atom is -0.597 e. The highest BCUT2D eigenvalue weighted by atomic mass is 32.3. The summed E-state index contributed by atoms with van der Waals surface area (Å²) in [7, 11) is 0.142. The molecule has 1 amide bonds. The molecule has 4 rings (SSSR count). The van der Waals surface area contributed by atoms with Crippen molar-refractivity contribution in [2.45, 2.75) is 56.6 Å². The summed E-state index contributed by atoms with van der Waals surface area (Å²) < 4.78 is 28.7. The van der Waals surface area contributed by atoms with Gasteiger partial charge in [0.1, 0.15) is 15.6 Å². The highest BCUT2D eigenvalue weighted by Gasteiger charge is 2.38. The molecule has 2 aromatic heterocycles. The monoisotopic (exact) mass is 419 g/mol. The van der Waals surface area contributed by atoms with Gasteiger partial charge < -0.3 is 9.87 Å². The number of aromatic nitrogens is 3. The molecule has 1 aliphatic heterocycles. The van der Waals surface area contributed by atoms with Crippen LogP contribution < -0.4 is 5.32 Å². The first-order chi connectivity index (χ1) is 13.7. The highest BCUT2D eigenvalue weighted by molar-refractivity contribution is 7.95. The van der Waals surface area contributed by atoms with Crippen LogP contribution in [0.4, 0.5) is 0 Å². The minimum atomic E-state index is -3.32. The Hall–Kier alpha value is -1.84. The molecule has 2 fully saturated rings. The number of piperidine rings is 1. The predicted molar refractivity (Wildman–Crippen MR) is 111 cm³/mol. The number of hydrogen-bond donors (Lipinski definition) is 1. The van der Waals surface area contributed by atoms with Crippen molar-refractivity contribution in [2.24, 2.45) is 7.05 Å². The van der Waals surface area contributed by atoms with Gasteiger partial charge in [-0.3, -0.25) is 9.48 Å². The summed E-state index contributed by atoms with van der Waals surface area (Å²) in [5.41, 5.74) is 3.01. The standard InChI is InChI=1S/C20H29N5O3S/c1-12(2)29(27,28)25-9-5-6-14(11-25)18-17-15(20(26)21-3)10-16(13-7-8-13)22-19(17)24(4)23-18/h10,12-14H,5-9,11H2,1-4H3,(H-,21,26,27,28). The Balaban J connectivity index is 1.79. The second-order valence-corrected chi connectivity index (χ2v) is 10.9. The number of pyridine rings is 1. The van der Waals surface area contributed by atoms with Gasteiger partial charge in [-0.2, -0.15) is 5.10 Å².